The Kier molecular flexibility index (Phi) is 7.30. The van der Waals surface area contributed by atoms with Crippen LogP contribution < -0.4 is 0 Å². The van der Waals surface area contributed by atoms with E-state index in [4.69, 9.17) is 19.8 Å². The van der Waals surface area contributed by atoms with Crippen LogP contribution in [-0.4, -0.2) is 68.7 Å². The van der Waals surface area contributed by atoms with E-state index in [-0.39, 0.29) is 0 Å². The van der Waals surface area contributed by atoms with E-state index in [9.17, 15) is 0 Å². The molecule has 2 aromatic carbocycles. The number of hydrogen-bond donors (Lipinski definition) is 2. The third-order valence-electron chi connectivity index (χ3n) is 5.88. The number of para-hydroxylation sites is 1. The summed E-state index contributed by atoms with van der Waals surface area (Å²) < 4.78 is 2.43. The maximum absolute atomic E-state index is 9.10. The second kappa shape index (κ2) is 9.94. The van der Waals surface area contributed by atoms with Crippen LogP contribution in [0.3, 0.4) is 0 Å². The third-order valence-corrected chi connectivity index (χ3v) is 5.88. The standard InChI is InChI=1S/C22H29N3.C2H2O4/c1-4-25-21-8-6-5-7-19(21)20-15-18(9-10-22(20)25)16-23-11-13-24(14-12-23)17(2)3;3-1(4)2(5)6/h5-10,15,17H,4,11-14,16H2,1-3H3;(H,3,4)(H,5,6). The lowest BCUT2D eigenvalue weighted by atomic mass is 10.1. The normalized spacial score (nSPS) is 15.2. The second-order valence-corrected chi connectivity index (χ2v) is 8.13. The molecule has 0 amide bonds. The van der Waals surface area contributed by atoms with E-state index >= 15 is 0 Å². The van der Waals surface area contributed by atoms with Crippen LogP contribution in [0.15, 0.2) is 42.5 Å². The van der Waals surface area contributed by atoms with Crippen molar-refractivity contribution in [1.29, 1.82) is 0 Å². The summed E-state index contributed by atoms with van der Waals surface area (Å²) in [7, 11) is 0. The number of carboxylic acids is 2. The lowest BCUT2D eigenvalue weighted by Gasteiger charge is -2.36. The van der Waals surface area contributed by atoms with E-state index in [1.807, 2.05) is 0 Å². The van der Waals surface area contributed by atoms with Gasteiger partial charge >= 0.3 is 11.9 Å². The van der Waals surface area contributed by atoms with E-state index in [1.54, 1.807) is 0 Å². The number of piperazine rings is 1. The van der Waals surface area contributed by atoms with Crippen molar-refractivity contribution in [2.45, 2.75) is 39.9 Å². The molecule has 4 rings (SSSR count). The SMILES string of the molecule is CCn1c2ccccc2c2cc(CN3CCN(C(C)C)CC3)ccc21.O=C(O)C(=O)O. The number of carboxylic acid groups (broad SMARTS) is 2. The van der Waals surface area contributed by atoms with Crippen LogP contribution in [0.2, 0.25) is 0 Å². The topological polar surface area (TPSA) is 86.0 Å². The summed E-state index contributed by atoms with van der Waals surface area (Å²) in [5.41, 5.74) is 4.14. The molecule has 0 atom stereocenters. The number of benzene rings is 2. The van der Waals surface area contributed by atoms with Crippen LogP contribution in [0.4, 0.5) is 0 Å². The first kappa shape index (κ1) is 22.8. The van der Waals surface area contributed by atoms with Crippen molar-refractivity contribution < 1.29 is 19.8 Å². The van der Waals surface area contributed by atoms with Crippen molar-refractivity contribution in [3.63, 3.8) is 0 Å². The molecule has 0 radical (unpaired) electrons. The summed E-state index contributed by atoms with van der Waals surface area (Å²) in [6.45, 7) is 13.6. The number of aliphatic carboxylic acids is 2. The average molecular weight is 426 g/mol. The smallest absolute Gasteiger partial charge is 0.414 e. The van der Waals surface area contributed by atoms with Gasteiger partial charge in [0.2, 0.25) is 0 Å². The molecule has 31 heavy (non-hydrogen) atoms. The van der Waals surface area contributed by atoms with Gasteiger partial charge in [-0.25, -0.2) is 9.59 Å². The number of nitrogens with zero attached hydrogens (tertiary/aromatic N) is 3. The Balaban J connectivity index is 0.000000401. The molecule has 0 unspecified atom stereocenters. The Labute approximate surface area is 182 Å². The van der Waals surface area contributed by atoms with Crippen molar-refractivity contribution in [2.75, 3.05) is 26.2 Å². The molecule has 0 aliphatic carbocycles. The molecular weight excluding hydrogens is 394 g/mol. The summed E-state index contributed by atoms with van der Waals surface area (Å²) in [6, 6.07) is 16.5. The Bertz CT molecular complexity index is 1050. The third kappa shape index (κ3) is 5.24. The molecular formula is C24H31N3O4. The zero-order valence-electron chi connectivity index (χ0n) is 18.4. The largest absolute Gasteiger partial charge is 0.473 e. The molecule has 2 N–H and O–H groups in total. The predicted molar refractivity (Wildman–Crippen MR) is 122 cm³/mol. The van der Waals surface area contributed by atoms with Gasteiger partial charge in [0.25, 0.3) is 0 Å². The molecule has 1 saturated heterocycles. The quantitative estimate of drug-likeness (QED) is 0.623. The number of fused-ring (bicyclic) bond motifs is 3. The number of carbonyl (C=O) groups is 2. The fourth-order valence-corrected chi connectivity index (χ4v) is 4.24. The maximum atomic E-state index is 9.10. The van der Waals surface area contributed by atoms with Gasteiger partial charge in [0, 0.05) is 67.1 Å². The minimum absolute atomic E-state index is 0.665. The van der Waals surface area contributed by atoms with Gasteiger partial charge in [-0.05, 0) is 44.5 Å². The molecule has 1 fully saturated rings. The van der Waals surface area contributed by atoms with Crippen LogP contribution in [-0.2, 0) is 22.7 Å². The van der Waals surface area contributed by atoms with Crippen molar-refractivity contribution in [3.8, 4) is 0 Å². The Morgan fingerprint density at radius 3 is 2.10 bits per heavy atom. The fourth-order valence-electron chi connectivity index (χ4n) is 4.24. The lowest BCUT2D eigenvalue weighted by Crippen LogP contribution is -2.48. The van der Waals surface area contributed by atoms with E-state index < -0.39 is 11.9 Å². The van der Waals surface area contributed by atoms with Crippen LogP contribution in [0, 0.1) is 0 Å². The molecule has 7 nitrogen and oxygen atoms in total. The number of aryl methyl sites for hydroxylation is 1. The van der Waals surface area contributed by atoms with Gasteiger partial charge in [-0.2, -0.15) is 0 Å². The summed E-state index contributed by atoms with van der Waals surface area (Å²) in [6.07, 6.45) is 0. The van der Waals surface area contributed by atoms with Gasteiger partial charge in [0.1, 0.15) is 0 Å². The van der Waals surface area contributed by atoms with Crippen molar-refractivity contribution >= 4 is 33.7 Å². The number of rotatable bonds is 4. The average Bonchev–Trinajstić information content (AvgIpc) is 3.07. The molecule has 1 aliphatic heterocycles. The van der Waals surface area contributed by atoms with Gasteiger partial charge in [0.05, 0.1) is 0 Å². The van der Waals surface area contributed by atoms with E-state index in [1.165, 1.54) is 53.5 Å². The summed E-state index contributed by atoms with van der Waals surface area (Å²) in [5, 5.41) is 17.6. The van der Waals surface area contributed by atoms with Crippen molar-refractivity contribution in [3.05, 3.63) is 48.0 Å². The zero-order valence-corrected chi connectivity index (χ0v) is 18.4. The first-order valence-corrected chi connectivity index (χ1v) is 10.7. The van der Waals surface area contributed by atoms with Gasteiger partial charge in [-0.1, -0.05) is 24.3 Å². The molecule has 0 bridgehead atoms. The fraction of sp³-hybridized carbons (Fsp3) is 0.417. The molecule has 3 aromatic rings. The molecule has 0 spiro atoms. The van der Waals surface area contributed by atoms with E-state index in [0.717, 1.165) is 13.1 Å². The molecule has 1 aliphatic rings. The van der Waals surface area contributed by atoms with Crippen LogP contribution in [0.5, 0.6) is 0 Å². The lowest BCUT2D eigenvalue weighted by molar-refractivity contribution is -0.159. The monoisotopic (exact) mass is 425 g/mol. The summed E-state index contributed by atoms with van der Waals surface area (Å²) >= 11 is 0. The highest BCUT2D eigenvalue weighted by Gasteiger charge is 2.19. The van der Waals surface area contributed by atoms with Gasteiger partial charge in [-0.15, -0.1) is 0 Å². The first-order chi connectivity index (χ1) is 14.8. The first-order valence-electron chi connectivity index (χ1n) is 10.7. The van der Waals surface area contributed by atoms with Gasteiger partial charge in [-0.3, -0.25) is 9.80 Å². The Hall–Kier alpha value is -2.90. The molecule has 1 aromatic heterocycles. The van der Waals surface area contributed by atoms with Gasteiger partial charge in [0.15, 0.2) is 0 Å². The molecule has 0 saturated carbocycles. The van der Waals surface area contributed by atoms with Crippen molar-refractivity contribution in [1.82, 2.24) is 14.4 Å². The minimum atomic E-state index is -1.82. The molecule has 7 heteroatoms. The van der Waals surface area contributed by atoms with E-state index in [0.29, 0.717) is 6.04 Å². The number of hydrogen-bond acceptors (Lipinski definition) is 4. The minimum Gasteiger partial charge on any atom is -0.473 e. The van der Waals surface area contributed by atoms with E-state index in [2.05, 4.69) is 77.6 Å². The highest BCUT2D eigenvalue weighted by molar-refractivity contribution is 6.27. The van der Waals surface area contributed by atoms with Gasteiger partial charge < -0.3 is 14.8 Å². The molecule has 166 valence electrons. The second-order valence-electron chi connectivity index (χ2n) is 8.13. The van der Waals surface area contributed by atoms with Crippen LogP contribution in [0.25, 0.3) is 21.8 Å². The van der Waals surface area contributed by atoms with Crippen LogP contribution >= 0.6 is 0 Å². The molecule has 2 heterocycles. The summed E-state index contributed by atoms with van der Waals surface area (Å²) in [4.78, 5) is 23.4. The number of aromatic nitrogens is 1. The predicted octanol–water partition coefficient (Wildman–Crippen LogP) is 3.50. The maximum Gasteiger partial charge on any atom is 0.414 e. The highest BCUT2D eigenvalue weighted by Crippen LogP contribution is 2.30. The zero-order chi connectivity index (χ0) is 22.5. The Morgan fingerprint density at radius 1 is 0.903 bits per heavy atom. The summed E-state index contributed by atoms with van der Waals surface area (Å²) in [5.74, 6) is -3.65. The van der Waals surface area contributed by atoms with Crippen molar-refractivity contribution in [2.24, 2.45) is 0 Å². The Morgan fingerprint density at radius 2 is 1.52 bits per heavy atom. The van der Waals surface area contributed by atoms with Crippen LogP contribution in [0.1, 0.15) is 26.3 Å². The highest BCUT2D eigenvalue weighted by atomic mass is 16.4.